The fourth-order valence-corrected chi connectivity index (χ4v) is 2.99. The molecule has 3 heterocycles. The summed E-state index contributed by atoms with van der Waals surface area (Å²) in [5, 5.41) is 16.6. The van der Waals surface area contributed by atoms with Gasteiger partial charge in [-0.05, 0) is 17.7 Å². The molecule has 24 heavy (non-hydrogen) atoms. The van der Waals surface area contributed by atoms with Crippen LogP contribution in [0.5, 0.6) is 17.4 Å². The molecule has 2 aliphatic heterocycles. The molecule has 0 saturated carbocycles. The third kappa shape index (κ3) is 2.06. The van der Waals surface area contributed by atoms with Crippen LogP contribution in [-0.2, 0) is 11.3 Å². The van der Waals surface area contributed by atoms with Gasteiger partial charge in [0.2, 0.25) is 18.6 Å². The number of aromatic nitrogens is 2. The van der Waals surface area contributed by atoms with Gasteiger partial charge in [0, 0.05) is 7.11 Å². The van der Waals surface area contributed by atoms with E-state index >= 15 is 0 Å². The largest absolute Gasteiger partial charge is 0.454 e. The SMILES string of the molecule is COCc1[nH]nc2c1[C@H](c1ccc3c(c1)OCO3)C(C#N)=C(N)O2. The molecule has 0 aliphatic carbocycles. The highest BCUT2D eigenvalue weighted by molar-refractivity contribution is 5.57. The summed E-state index contributed by atoms with van der Waals surface area (Å²) in [5.74, 6) is 1.28. The Labute approximate surface area is 137 Å². The second-order valence-electron chi connectivity index (χ2n) is 5.39. The van der Waals surface area contributed by atoms with Gasteiger partial charge in [-0.2, -0.15) is 5.26 Å². The van der Waals surface area contributed by atoms with Gasteiger partial charge >= 0.3 is 0 Å². The van der Waals surface area contributed by atoms with Crippen molar-refractivity contribution < 1.29 is 18.9 Å². The third-order valence-corrected chi connectivity index (χ3v) is 4.04. The van der Waals surface area contributed by atoms with Crippen LogP contribution in [-0.4, -0.2) is 24.1 Å². The molecule has 1 aromatic carbocycles. The number of hydrogen-bond acceptors (Lipinski definition) is 7. The van der Waals surface area contributed by atoms with Crippen LogP contribution in [0.2, 0.25) is 0 Å². The van der Waals surface area contributed by atoms with Crippen molar-refractivity contribution in [2.75, 3.05) is 13.9 Å². The zero-order chi connectivity index (χ0) is 16.7. The zero-order valence-electron chi connectivity index (χ0n) is 12.8. The van der Waals surface area contributed by atoms with Crippen LogP contribution in [0.15, 0.2) is 29.7 Å². The first-order chi connectivity index (χ1) is 11.7. The first-order valence-electron chi connectivity index (χ1n) is 7.26. The molecule has 2 aromatic rings. The minimum absolute atomic E-state index is 0.0446. The van der Waals surface area contributed by atoms with E-state index in [1.807, 2.05) is 18.2 Å². The highest BCUT2D eigenvalue weighted by atomic mass is 16.7. The minimum Gasteiger partial charge on any atom is -0.454 e. The Bertz CT molecular complexity index is 881. The molecule has 3 N–H and O–H groups in total. The highest BCUT2D eigenvalue weighted by Crippen LogP contribution is 2.45. The molecule has 2 aliphatic rings. The number of fused-ring (bicyclic) bond motifs is 2. The Balaban J connectivity index is 1.89. The maximum Gasteiger partial charge on any atom is 0.244 e. The van der Waals surface area contributed by atoms with Crippen LogP contribution in [0.25, 0.3) is 0 Å². The Kier molecular flexibility index (Phi) is 3.29. The normalized spacial score (nSPS) is 18.1. The average Bonchev–Trinajstić information content (AvgIpc) is 3.20. The van der Waals surface area contributed by atoms with Gasteiger partial charge in [-0.25, -0.2) is 0 Å². The lowest BCUT2D eigenvalue weighted by Crippen LogP contribution is -2.21. The number of hydrogen-bond donors (Lipinski definition) is 2. The molecular weight excluding hydrogens is 312 g/mol. The van der Waals surface area contributed by atoms with Gasteiger partial charge in [0.1, 0.15) is 11.6 Å². The maximum atomic E-state index is 9.58. The van der Waals surface area contributed by atoms with Crippen molar-refractivity contribution in [3.05, 3.63) is 46.5 Å². The molecule has 0 amide bonds. The Hall–Kier alpha value is -3.18. The molecule has 0 spiro atoms. The summed E-state index contributed by atoms with van der Waals surface area (Å²) in [7, 11) is 1.59. The van der Waals surface area contributed by atoms with Gasteiger partial charge in [0.15, 0.2) is 11.5 Å². The fraction of sp³-hybridized carbons (Fsp3) is 0.250. The lowest BCUT2D eigenvalue weighted by Gasteiger charge is -2.24. The number of nitrogens with one attached hydrogen (secondary N) is 1. The van der Waals surface area contributed by atoms with Crippen LogP contribution in [0.1, 0.15) is 22.7 Å². The predicted molar refractivity (Wildman–Crippen MR) is 81.2 cm³/mol. The van der Waals surface area contributed by atoms with Crippen molar-refractivity contribution >= 4 is 0 Å². The number of nitriles is 1. The van der Waals surface area contributed by atoms with Crippen molar-refractivity contribution in [1.29, 1.82) is 5.26 Å². The van der Waals surface area contributed by atoms with Crippen molar-refractivity contribution in [2.24, 2.45) is 5.73 Å². The molecule has 0 fully saturated rings. The number of H-pyrrole nitrogens is 1. The van der Waals surface area contributed by atoms with Crippen LogP contribution < -0.4 is 19.9 Å². The summed E-state index contributed by atoms with van der Waals surface area (Å²) in [6, 6.07) is 7.68. The Morgan fingerprint density at radius 2 is 2.25 bits per heavy atom. The van der Waals surface area contributed by atoms with E-state index in [9.17, 15) is 5.26 Å². The number of nitrogens with two attached hydrogens (primary N) is 1. The van der Waals surface area contributed by atoms with Crippen molar-refractivity contribution in [3.63, 3.8) is 0 Å². The van der Waals surface area contributed by atoms with E-state index in [-0.39, 0.29) is 12.7 Å². The second-order valence-corrected chi connectivity index (χ2v) is 5.39. The van der Waals surface area contributed by atoms with Gasteiger partial charge in [-0.1, -0.05) is 6.07 Å². The number of allylic oxidation sites excluding steroid dienone is 1. The third-order valence-electron chi connectivity index (χ3n) is 4.04. The van der Waals surface area contributed by atoms with Crippen LogP contribution in [0, 0.1) is 11.3 Å². The summed E-state index contributed by atoms with van der Waals surface area (Å²) in [4.78, 5) is 0. The molecule has 8 heteroatoms. The lowest BCUT2D eigenvalue weighted by atomic mass is 9.84. The average molecular weight is 326 g/mol. The summed E-state index contributed by atoms with van der Waals surface area (Å²) in [6.45, 7) is 0.493. The smallest absolute Gasteiger partial charge is 0.244 e. The molecule has 0 radical (unpaired) electrons. The van der Waals surface area contributed by atoms with Gasteiger partial charge in [-0.15, -0.1) is 5.10 Å². The minimum atomic E-state index is -0.419. The van der Waals surface area contributed by atoms with E-state index < -0.39 is 5.92 Å². The molecule has 4 rings (SSSR count). The first kappa shape index (κ1) is 14.4. The van der Waals surface area contributed by atoms with Crippen molar-refractivity contribution in [3.8, 4) is 23.4 Å². The molecule has 1 aromatic heterocycles. The molecule has 1 atom stereocenters. The molecule has 0 unspecified atom stereocenters. The maximum absolute atomic E-state index is 9.58. The number of benzene rings is 1. The summed E-state index contributed by atoms with van der Waals surface area (Å²) in [5.41, 5.74) is 8.55. The number of methoxy groups -OCH3 is 1. The van der Waals surface area contributed by atoms with E-state index in [4.69, 9.17) is 24.7 Å². The summed E-state index contributed by atoms with van der Waals surface area (Å²) in [6.07, 6.45) is 0. The van der Waals surface area contributed by atoms with E-state index in [0.717, 1.165) is 16.8 Å². The predicted octanol–water partition coefficient (Wildman–Crippen LogP) is 1.50. The van der Waals surface area contributed by atoms with Crippen molar-refractivity contribution in [2.45, 2.75) is 12.5 Å². The molecule has 0 bridgehead atoms. The quantitative estimate of drug-likeness (QED) is 0.878. The standard InChI is InChI=1S/C16H14N4O4/c1-21-6-10-14-13(8-2-3-11-12(4-8)23-7-22-11)9(5-17)15(18)24-16(14)20-19-10/h2-4,13H,6-7,18H2,1H3,(H,19,20)/t13-/m1/s1. The second kappa shape index (κ2) is 5.47. The van der Waals surface area contributed by atoms with Crippen LogP contribution in [0.4, 0.5) is 0 Å². The van der Waals surface area contributed by atoms with Gasteiger partial charge < -0.3 is 24.7 Å². The fourth-order valence-electron chi connectivity index (χ4n) is 2.99. The van der Waals surface area contributed by atoms with Crippen LogP contribution in [0.3, 0.4) is 0 Å². The summed E-state index contributed by atoms with van der Waals surface area (Å²) < 4.78 is 21.5. The van der Waals surface area contributed by atoms with E-state index in [2.05, 4.69) is 16.3 Å². The van der Waals surface area contributed by atoms with E-state index in [0.29, 0.717) is 29.6 Å². The molecule has 0 saturated heterocycles. The highest BCUT2D eigenvalue weighted by Gasteiger charge is 2.35. The first-order valence-corrected chi connectivity index (χ1v) is 7.26. The monoisotopic (exact) mass is 326 g/mol. The van der Waals surface area contributed by atoms with Gasteiger partial charge in [0.25, 0.3) is 0 Å². The number of aromatic amines is 1. The lowest BCUT2D eigenvalue weighted by molar-refractivity contribution is 0.174. The number of nitrogens with zero attached hydrogens (tertiary/aromatic N) is 2. The van der Waals surface area contributed by atoms with Gasteiger partial charge in [0.05, 0.1) is 23.8 Å². The topological polar surface area (TPSA) is 115 Å². The van der Waals surface area contributed by atoms with Gasteiger partial charge in [-0.3, -0.25) is 5.10 Å². The molecule has 8 nitrogen and oxygen atoms in total. The summed E-state index contributed by atoms with van der Waals surface area (Å²) >= 11 is 0. The molecule has 122 valence electrons. The van der Waals surface area contributed by atoms with E-state index in [1.165, 1.54) is 0 Å². The zero-order valence-corrected chi connectivity index (χ0v) is 12.8. The van der Waals surface area contributed by atoms with Crippen molar-refractivity contribution in [1.82, 2.24) is 10.2 Å². The Morgan fingerprint density at radius 3 is 3.04 bits per heavy atom. The molecular formula is C16H14N4O4. The van der Waals surface area contributed by atoms with Crippen LogP contribution >= 0.6 is 0 Å². The van der Waals surface area contributed by atoms with E-state index in [1.54, 1.807) is 7.11 Å². The number of rotatable bonds is 3. The number of ether oxygens (including phenoxy) is 4. The Morgan fingerprint density at radius 1 is 1.42 bits per heavy atom.